The standard InChI is InChI=1S/C15H22O5/c1-5-18-10(3)20-15-13-9(2)6-7-11(13)12(8-19-15)14(16)17-4/h6,8,10-11,13,15H,5,7H2,1-4H3. The quantitative estimate of drug-likeness (QED) is 0.440. The molecule has 0 saturated carbocycles. The molecule has 0 spiro atoms. The molecule has 0 N–H and O–H groups in total. The highest BCUT2D eigenvalue weighted by Gasteiger charge is 2.44. The lowest BCUT2D eigenvalue weighted by Gasteiger charge is -2.35. The molecule has 0 bridgehead atoms. The smallest absolute Gasteiger partial charge is 0.337 e. The summed E-state index contributed by atoms with van der Waals surface area (Å²) in [5.74, 6) is -0.230. The second kappa shape index (κ2) is 6.41. The Morgan fingerprint density at radius 2 is 2.30 bits per heavy atom. The number of ether oxygens (including phenoxy) is 4. The van der Waals surface area contributed by atoms with Crippen LogP contribution in [0.25, 0.3) is 0 Å². The van der Waals surface area contributed by atoms with E-state index in [1.54, 1.807) is 0 Å². The Hall–Kier alpha value is -1.33. The molecule has 112 valence electrons. The zero-order chi connectivity index (χ0) is 14.7. The minimum Gasteiger partial charge on any atom is -0.471 e. The van der Waals surface area contributed by atoms with Gasteiger partial charge in [-0.2, -0.15) is 0 Å². The van der Waals surface area contributed by atoms with Crippen molar-refractivity contribution in [3.8, 4) is 0 Å². The second-order valence-corrected chi connectivity index (χ2v) is 5.04. The number of hydrogen-bond acceptors (Lipinski definition) is 5. The normalized spacial score (nSPS) is 29.9. The largest absolute Gasteiger partial charge is 0.471 e. The molecule has 2 rings (SSSR count). The lowest BCUT2D eigenvalue weighted by atomic mass is 9.84. The van der Waals surface area contributed by atoms with E-state index in [1.807, 2.05) is 20.8 Å². The first kappa shape index (κ1) is 15.1. The molecule has 5 nitrogen and oxygen atoms in total. The van der Waals surface area contributed by atoms with Crippen LogP contribution < -0.4 is 0 Å². The van der Waals surface area contributed by atoms with Gasteiger partial charge in [-0.15, -0.1) is 0 Å². The third-order valence-electron chi connectivity index (χ3n) is 3.82. The van der Waals surface area contributed by atoms with Crippen molar-refractivity contribution in [3.05, 3.63) is 23.5 Å². The van der Waals surface area contributed by atoms with Crippen LogP contribution in [0.15, 0.2) is 23.5 Å². The number of esters is 1. The number of rotatable bonds is 5. The summed E-state index contributed by atoms with van der Waals surface area (Å²) in [4.78, 5) is 11.8. The maximum absolute atomic E-state index is 11.8. The van der Waals surface area contributed by atoms with Gasteiger partial charge in [0.05, 0.1) is 18.9 Å². The molecule has 0 radical (unpaired) electrons. The molecule has 1 aliphatic heterocycles. The number of methoxy groups -OCH3 is 1. The van der Waals surface area contributed by atoms with Crippen LogP contribution in [0.1, 0.15) is 27.2 Å². The van der Waals surface area contributed by atoms with E-state index in [9.17, 15) is 4.79 Å². The van der Waals surface area contributed by atoms with Gasteiger partial charge in [0.2, 0.25) is 6.29 Å². The van der Waals surface area contributed by atoms with E-state index in [0.29, 0.717) is 12.2 Å². The number of hydrogen-bond donors (Lipinski definition) is 0. The van der Waals surface area contributed by atoms with Crippen LogP contribution in [-0.2, 0) is 23.7 Å². The zero-order valence-corrected chi connectivity index (χ0v) is 12.4. The topological polar surface area (TPSA) is 54.0 Å². The van der Waals surface area contributed by atoms with Gasteiger partial charge in [0.1, 0.15) is 0 Å². The van der Waals surface area contributed by atoms with Crippen LogP contribution >= 0.6 is 0 Å². The molecular weight excluding hydrogens is 260 g/mol. The molecule has 5 heteroatoms. The van der Waals surface area contributed by atoms with Crippen LogP contribution in [0, 0.1) is 11.8 Å². The molecule has 0 fully saturated rings. The SMILES string of the molecule is CCOC(C)OC1OC=C(C(=O)OC)C2CC=C(C)C12. The van der Waals surface area contributed by atoms with E-state index in [2.05, 4.69) is 6.08 Å². The fourth-order valence-corrected chi connectivity index (χ4v) is 2.85. The van der Waals surface area contributed by atoms with Gasteiger partial charge < -0.3 is 18.9 Å². The predicted octanol–water partition coefficient (Wildman–Crippen LogP) is 2.38. The second-order valence-electron chi connectivity index (χ2n) is 5.04. The van der Waals surface area contributed by atoms with Crippen LogP contribution in [0.3, 0.4) is 0 Å². The van der Waals surface area contributed by atoms with Gasteiger partial charge in [-0.05, 0) is 27.2 Å². The molecule has 20 heavy (non-hydrogen) atoms. The number of fused-ring (bicyclic) bond motifs is 1. The highest BCUT2D eigenvalue weighted by molar-refractivity contribution is 5.89. The fourth-order valence-electron chi connectivity index (χ4n) is 2.85. The van der Waals surface area contributed by atoms with Crippen molar-refractivity contribution in [1.82, 2.24) is 0 Å². The summed E-state index contributed by atoms with van der Waals surface area (Å²) in [5.41, 5.74) is 1.76. The van der Waals surface area contributed by atoms with Crippen molar-refractivity contribution in [2.75, 3.05) is 13.7 Å². The van der Waals surface area contributed by atoms with Crippen molar-refractivity contribution >= 4 is 5.97 Å². The molecule has 0 saturated heterocycles. The van der Waals surface area contributed by atoms with E-state index < -0.39 is 6.29 Å². The molecule has 4 unspecified atom stereocenters. The summed E-state index contributed by atoms with van der Waals surface area (Å²) in [6, 6.07) is 0. The Bertz CT molecular complexity index is 426. The van der Waals surface area contributed by atoms with Crippen LogP contribution in [0.2, 0.25) is 0 Å². The first-order valence-corrected chi connectivity index (χ1v) is 6.96. The maximum atomic E-state index is 11.8. The van der Waals surface area contributed by atoms with Gasteiger partial charge in [0.25, 0.3) is 0 Å². The van der Waals surface area contributed by atoms with Gasteiger partial charge in [-0.1, -0.05) is 11.6 Å². The van der Waals surface area contributed by atoms with Crippen molar-refractivity contribution in [1.29, 1.82) is 0 Å². The first-order chi connectivity index (χ1) is 9.58. The highest BCUT2D eigenvalue weighted by Crippen LogP contribution is 2.43. The molecule has 2 aliphatic rings. The van der Waals surface area contributed by atoms with Crippen molar-refractivity contribution in [3.63, 3.8) is 0 Å². The molecule has 4 atom stereocenters. The average molecular weight is 282 g/mol. The monoisotopic (exact) mass is 282 g/mol. The van der Waals surface area contributed by atoms with Crippen molar-refractivity contribution < 1.29 is 23.7 Å². The Morgan fingerprint density at radius 1 is 1.55 bits per heavy atom. The van der Waals surface area contributed by atoms with Crippen molar-refractivity contribution in [2.24, 2.45) is 11.8 Å². The molecule has 0 amide bonds. The minimum atomic E-state index is -0.422. The molecular formula is C15H22O5. The summed E-state index contributed by atoms with van der Waals surface area (Å²) in [7, 11) is 1.38. The summed E-state index contributed by atoms with van der Waals surface area (Å²) >= 11 is 0. The van der Waals surface area contributed by atoms with Gasteiger partial charge in [-0.3, -0.25) is 0 Å². The average Bonchev–Trinajstić information content (AvgIpc) is 2.81. The molecule has 0 aromatic rings. The van der Waals surface area contributed by atoms with E-state index in [0.717, 1.165) is 6.42 Å². The van der Waals surface area contributed by atoms with E-state index in [1.165, 1.54) is 18.9 Å². The summed E-state index contributed by atoms with van der Waals surface area (Å²) in [6.07, 6.45) is 3.65. The maximum Gasteiger partial charge on any atom is 0.337 e. The number of allylic oxidation sites excluding steroid dienone is 1. The van der Waals surface area contributed by atoms with E-state index in [-0.39, 0.29) is 24.1 Å². The van der Waals surface area contributed by atoms with Gasteiger partial charge >= 0.3 is 5.97 Å². The van der Waals surface area contributed by atoms with Crippen LogP contribution in [0.4, 0.5) is 0 Å². The van der Waals surface area contributed by atoms with Gasteiger partial charge in [-0.25, -0.2) is 4.79 Å². The Kier molecular flexibility index (Phi) is 4.83. The molecule has 1 heterocycles. The lowest BCUT2D eigenvalue weighted by molar-refractivity contribution is -0.242. The number of carbonyl (C=O) groups is 1. The predicted molar refractivity (Wildman–Crippen MR) is 72.5 cm³/mol. The fraction of sp³-hybridized carbons (Fsp3) is 0.667. The minimum absolute atomic E-state index is 0.0389. The highest BCUT2D eigenvalue weighted by atomic mass is 16.8. The Labute approximate surface area is 119 Å². The van der Waals surface area contributed by atoms with Crippen LogP contribution in [-0.4, -0.2) is 32.3 Å². The Morgan fingerprint density at radius 3 is 2.95 bits per heavy atom. The van der Waals surface area contributed by atoms with Crippen LogP contribution in [0.5, 0.6) is 0 Å². The Balaban J connectivity index is 2.14. The first-order valence-electron chi connectivity index (χ1n) is 6.96. The van der Waals surface area contributed by atoms with Crippen molar-refractivity contribution in [2.45, 2.75) is 39.8 Å². The van der Waals surface area contributed by atoms with E-state index in [4.69, 9.17) is 18.9 Å². The van der Waals surface area contributed by atoms with Gasteiger partial charge in [0.15, 0.2) is 6.29 Å². The zero-order valence-electron chi connectivity index (χ0n) is 12.4. The third kappa shape index (κ3) is 2.88. The summed E-state index contributed by atoms with van der Waals surface area (Å²) in [6.45, 7) is 6.38. The molecule has 0 aromatic heterocycles. The summed E-state index contributed by atoms with van der Waals surface area (Å²) < 4.78 is 21.6. The lowest BCUT2D eigenvalue weighted by Crippen LogP contribution is -2.38. The number of carbonyl (C=O) groups excluding carboxylic acids is 1. The van der Waals surface area contributed by atoms with Gasteiger partial charge in [0, 0.05) is 18.4 Å². The van der Waals surface area contributed by atoms with E-state index >= 15 is 0 Å². The summed E-state index contributed by atoms with van der Waals surface area (Å²) in [5, 5.41) is 0. The molecule has 1 aliphatic carbocycles. The third-order valence-corrected chi connectivity index (χ3v) is 3.82. The molecule has 0 aromatic carbocycles.